The summed E-state index contributed by atoms with van der Waals surface area (Å²) in [5.74, 6) is 0.424. The first-order valence-corrected chi connectivity index (χ1v) is 6.49. The summed E-state index contributed by atoms with van der Waals surface area (Å²) in [6.07, 6.45) is 2.06. The molecule has 1 aromatic carbocycles. The molecule has 5 heteroatoms. The van der Waals surface area contributed by atoms with Crippen molar-refractivity contribution in [3.8, 4) is 0 Å². The van der Waals surface area contributed by atoms with Gasteiger partial charge in [0.1, 0.15) is 4.99 Å². The van der Waals surface area contributed by atoms with Gasteiger partial charge in [-0.15, -0.1) is 0 Å². The van der Waals surface area contributed by atoms with Gasteiger partial charge in [-0.1, -0.05) is 24.4 Å². The number of anilines is 1. The van der Waals surface area contributed by atoms with Crippen LogP contribution in [0, 0.1) is 5.92 Å². The van der Waals surface area contributed by atoms with Gasteiger partial charge in [-0.3, -0.25) is 4.79 Å². The summed E-state index contributed by atoms with van der Waals surface area (Å²) in [6.45, 7) is 1.28. The molecule has 0 spiro atoms. The van der Waals surface area contributed by atoms with Gasteiger partial charge in [0.2, 0.25) is 5.91 Å². The smallest absolute Gasteiger partial charge is 0.223 e. The van der Waals surface area contributed by atoms with E-state index >= 15 is 0 Å². The summed E-state index contributed by atoms with van der Waals surface area (Å²) in [4.78, 5) is 11.8. The van der Waals surface area contributed by atoms with Crippen molar-refractivity contribution in [1.29, 1.82) is 0 Å². The number of hydrogen-bond acceptors (Lipinski definition) is 3. The average molecular weight is 263 g/mol. The Kier molecular flexibility index (Phi) is 4.15. The van der Waals surface area contributed by atoms with Crippen LogP contribution in [-0.2, 0) is 4.79 Å². The van der Waals surface area contributed by atoms with Crippen LogP contribution in [0.3, 0.4) is 0 Å². The molecular weight excluding hydrogens is 246 g/mol. The average Bonchev–Trinajstić information content (AvgIpc) is 3.19. The Bertz CT molecular complexity index is 457. The van der Waals surface area contributed by atoms with Gasteiger partial charge >= 0.3 is 0 Å². The summed E-state index contributed by atoms with van der Waals surface area (Å²) in [5, 5.41) is 6.13. The molecule has 1 aliphatic carbocycles. The molecular formula is C13H17N3OS. The second-order valence-electron chi connectivity index (χ2n) is 4.40. The number of carbonyl (C=O) groups is 1. The highest BCUT2D eigenvalue weighted by Crippen LogP contribution is 2.28. The summed E-state index contributed by atoms with van der Waals surface area (Å²) in [6, 6.07) is 7.63. The Labute approximate surface area is 112 Å². The van der Waals surface area contributed by atoms with Crippen LogP contribution in [0.15, 0.2) is 24.3 Å². The number of rotatable bonds is 6. The summed E-state index contributed by atoms with van der Waals surface area (Å²) in [7, 11) is 0. The molecule has 1 aromatic rings. The van der Waals surface area contributed by atoms with Crippen molar-refractivity contribution in [3.63, 3.8) is 0 Å². The van der Waals surface area contributed by atoms with Crippen molar-refractivity contribution in [2.75, 3.05) is 18.4 Å². The molecule has 4 N–H and O–H groups in total. The zero-order chi connectivity index (χ0) is 13.0. The van der Waals surface area contributed by atoms with Crippen molar-refractivity contribution in [1.82, 2.24) is 5.32 Å². The molecule has 1 aliphatic rings. The molecule has 18 heavy (non-hydrogen) atoms. The molecule has 1 saturated carbocycles. The van der Waals surface area contributed by atoms with Crippen LogP contribution in [0.5, 0.6) is 0 Å². The van der Waals surface area contributed by atoms with E-state index in [4.69, 9.17) is 18.0 Å². The van der Waals surface area contributed by atoms with E-state index in [0.29, 0.717) is 18.1 Å². The van der Waals surface area contributed by atoms with Crippen molar-refractivity contribution in [3.05, 3.63) is 29.8 Å². The standard InChI is InChI=1S/C13H17N3OS/c14-12(18)10-3-1-2-4-11(10)15-7-8-16-13(17)9-5-6-9/h1-4,9,15H,5-8H2,(H2,14,18)(H,16,17). The molecule has 0 unspecified atom stereocenters. The molecule has 0 radical (unpaired) electrons. The summed E-state index contributed by atoms with van der Waals surface area (Å²) in [5.41, 5.74) is 7.38. The molecule has 96 valence electrons. The monoisotopic (exact) mass is 263 g/mol. The number of nitrogens with one attached hydrogen (secondary N) is 2. The third-order valence-electron chi connectivity index (χ3n) is 2.88. The Morgan fingerprint density at radius 2 is 2.06 bits per heavy atom. The second-order valence-corrected chi connectivity index (χ2v) is 4.84. The zero-order valence-electron chi connectivity index (χ0n) is 10.1. The van der Waals surface area contributed by atoms with E-state index in [1.807, 2.05) is 24.3 Å². The number of benzene rings is 1. The molecule has 4 nitrogen and oxygen atoms in total. The van der Waals surface area contributed by atoms with E-state index in [-0.39, 0.29) is 11.8 Å². The Morgan fingerprint density at radius 3 is 2.72 bits per heavy atom. The highest BCUT2D eigenvalue weighted by Gasteiger charge is 2.28. The Hall–Kier alpha value is -1.62. The summed E-state index contributed by atoms with van der Waals surface area (Å²) >= 11 is 4.98. The van der Waals surface area contributed by atoms with Crippen LogP contribution in [0.1, 0.15) is 18.4 Å². The lowest BCUT2D eigenvalue weighted by molar-refractivity contribution is -0.122. The molecule has 0 aliphatic heterocycles. The first-order valence-electron chi connectivity index (χ1n) is 6.09. The topological polar surface area (TPSA) is 67.2 Å². The van der Waals surface area contributed by atoms with Crippen LogP contribution in [-0.4, -0.2) is 24.0 Å². The number of thiocarbonyl (C=S) groups is 1. The fourth-order valence-corrected chi connectivity index (χ4v) is 1.90. The van der Waals surface area contributed by atoms with Crippen LogP contribution < -0.4 is 16.4 Å². The van der Waals surface area contributed by atoms with Gasteiger partial charge < -0.3 is 16.4 Å². The first-order chi connectivity index (χ1) is 8.68. The predicted octanol–water partition coefficient (Wildman–Crippen LogP) is 1.26. The minimum absolute atomic E-state index is 0.166. The number of amides is 1. The molecule has 0 aromatic heterocycles. The molecule has 1 amide bonds. The van der Waals surface area contributed by atoms with Gasteiger partial charge in [0.15, 0.2) is 0 Å². The molecule has 1 fully saturated rings. The van der Waals surface area contributed by atoms with Gasteiger partial charge in [-0.25, -0.2) is 0 Å². The largest absolute Gasteiger partial charge is 0.389 e. The van der Waals surface area contributed by atoms with Gasteiger partial charge in [-0.05, 0) is 25.0 Å². The van der Waals surface area contributed by atoms with E-state index in [0.717, 1.165) is 24.1 Å². The lowest BCUT2D eigenvalue weighted by Gasteiger charge is -2.11. The van der Waals surface area contributed by atoms with Crippen molar-refractivity contribution >= 4 is 28.8 Å². The van der Waals surface area contributed by atoms with E-state index in [9.17, 15) is 4.79 Å². The van der Waals surface area contributed by atoms with E-state index < -0.39 is 0 Å². The minimum Gasteiger partial charge on any atom is -0.389 e. The molecule has 0 bridgehead atoms. The van der Waals surface area contributed by atoms with Gasteiger partial charge in [0.25, 0.3) is 0 Å². The molecule has 0 heterocycles. The fraction of sp³-hybridized carbons (Fsp3) is 0.385. The minimum atomic E-state index is 0.166. The Morgan fingerprint density at radius 1 is 1.33 bits per heavy atom. The van der Waals surface area contributed by atoms with Crippen LogP contribution in [0.2, 0.25) is 0 Å². The SMILES string of the molecule is NC(=S)c1ccccc1NCCNC(=O)C1CC1. The zero-order valence-corrected chi connectivity index (χ0v) is 10.9. The summed E-state index contributed by atoms with van der Waals surface area (Å²) < 4.78 is 0. The highest BCUT2D eigenvalue weighted by atomic mass is 32.1. The van der Waals surface area contributed by atoms with Gasteiger partial charge in [0, 0.05) is 30.3 Å². The normalized spacial score (nSPS) is 14.0. The number of hydrogen-bond donors (Lipinski definition) is 3. The number of para-hydroxylation sites is 1. The van der Waals surface area contributed by atoms with Gasteiger partial charge in [0.05, 0.1) is 0 Å². The van der Waals surface area contributed by atoms with Gasteiger partial charge in [-0.2, -0.15) is 0 Å². The molecule has 0 saturated heterocycles. The molecule has 2 rings (SSSR count). The maximum atomic E-state index is 11.4. The maximum Gasteiger partial charge on any atom is 0.223 e. The third kappa shape index (κ3) is 3.43. The van der Waals surface area contributed by atoms with Crippen molar-refractivity contribution < 1.29 is 4.79 Å². The van der Waals surface area contributed by atoms with Crippen LogP contribution in [0.4, 0.5) is 5.69 Å². The number of carbonyl (C=O) groups excluding carboxylic acids is 1. The van der Waals surface area contributed by atoms with E-state index in [2.05, 4.69) is 10.6 Å². The van der Waals surface area contributed by atoms with E-state index in [1.54, 1.807) is 0 Å². The fourth-order valence-electron chi connectivity index (χ4n) is 1.72. The lowest BCUT2D eigenvalue weighted by atomic mass is 10.2. The van der Waals surface area contributed by atoms with Crippen molar-refractivity contribution in [2.45, 2.75) is 12.8 Å². The highest BCUT2D eigenvalue weighted by molar-refractivity contribution is 7.80. The quantitative estimate of drug-likeness (QED) is 0.534. The van der Waals surface area contributed by atoms with Crippen LogP contribution >= 0.6 is 12.2 Å². The predicted molar refractivity (Wildman–Crippen MR) is 76.6 cm³/mol. The van der Waals surface area contributed by atoms with Crippen LogP contribution in [0.25, 0.3) is 0 Å². The second kappa shape index (κ2) is 5.82. The molecule has 0 atom stereocenters. The van der Waals surface area contributed by atoms with E-state index in [1.165, 1.54) is 0 Å². The lowest BCUT2D eigenvalue weighted by Crippen LogP contribution is -2.30. The number of nitrogens with two attached hydrogens (primary N) is 1. The van der Waals surface area contributed by atoms with Crippen molar-refractivity contribution in [2.24, 2.45) is 11.7 Å². The first kappa shape index (κ1) is 12.8. The maximum absolute atomic E-state index is 11.4. The third-order valence-corrected chi connectivity index (χ3v) is 3.10. The Balaban J connectivity index is 1.79.